The van der Waals surface area contributed by atoms with Gasteiger partial charge in [0.15, 0.2) is 11.2 Å². The summed E-state index contributed by atoms with van der Waals surface area (Å²) in [7, 11) is 1.76. The molecule has 1 fully saturated rings. The Morgan fingerprint density at radius 2 is 1.86 bits per heavy atom. The maximum atomic E-state index is 13.6. The van der Waals surface area contributed by atoms with E-state index in [1.165, 1.54) is 0 Å². The second kappa shape index (κ2) is 9.72. The first-order valence-corrected chi connectivity index (χ1v) is 12.0. The van der Waals surface area contributed by atoms with Crippen LogP contribution >= 0.6 is 0 Å². The van der Waals surface area contributed by atoms with E-state index >= 15 is 0 Å². The number of aromatic nitrogens is 4. The van der Waals surface area contributed by atoms with Crippen LogP contribution in [0.3, 0.4) is 0 Å². The third kappa shape index (κ3) is 4.55. The zero-order chi connectivity index (χ0) is 24.4. The Hall–Kier alpha value is -3.96. The van der Waals surface area contributed by atoms with Crippen LogP contribution in [-0.4, -0.2) is 38.2 Å². The predicted octanol–water partition coefficient (Wildman–Crippen LogP) is 2.76. The molecule has 0 bridgehead atoms. The van der Waals surface area contributed by atoms with Gasteiger partial charge in [-0.2, -0.15) is 10.2 Å². The SMILES string of the molecule is Cn1c(CCc2ccccc2C#N)nc2nc(N3CCCC(N)C3)n(Cc3ccccc3)c2c1=O. The average molecular weight is 468 g/mol. The summed E-state index contributed by atoms with van der Waals surface area (Å²) in [5.74, 6) is 1.40. The number of nitrogens with two attached hydrogens (primary N) is 1. The number of imidazole rings is 1. The van der Waals surface area contributed by atoms with Crippen molar-refractivity contribution in [1.29, 1.82) is 5.26 Å². The Morgan fingerprint density at radius 3 is 2.63 bits per heavy atom. The van der Waals surface area contributed by atoms with E-state index < -0.39 is 0 Å². The molecule has 3 heterocycles. The van der Waals surface area contributed by atoms with Gasteiger partial charge in [-0.15, -0.1) is 0 Å². The minimum atomic E-state index is -0.116. The second-order valence-electron chi connectivity index (χ2n) is 9.17. The van der Waals surface area contributed by atoms with Crippen LogP contribution in [0.4, 0.5) is 5.95 Å². The van der Waals surface area contributed by atoms with Crippen LogP contribution in [0.15, 0.2) is 59.4 Å². The van der Waals surface area contributed by atoms with Crippen molar-refractivity contribution in [1.82, 2.24) is 19.1 Å². The molecule has 2 aromatic heterocycles. The summed E-state index contributed by atoms with van der Waals surface area (Å²) in [6, 6.07) is 19.9. The monoisotopic (exact) mass is 467 g/mol. The number of anilines is 1. The summed E-state index contributed by atoms with van der Waals surface area (Å²) in [5.41, 5.74) is 9.81. The van der Waals surface area contributed by atoms with Crippen molar-refractivity contribution in [2.75, 3.05) is 18.0 Å². The van der Waals surface area contributed by atoms with Gasteiger partial charge in [-0.1, -0.05) is 48.5 Å². The van der Waals surface area contributed by atoms with Crippen LogP contribution < -0.4 is 16.2 Å². The Bertz CT molecular complexity index is 1450. The Morgan fingerprint density at radius 1 is 1.09 bits per heavy atom. The minimum absolute atomic E-state index is 0.0836. The van der Waals surface area contributed by atoms with Crippen LogP contribution in [0.2, 0.25) is 0 Å². The molecule has 178 valence electrons. The van der Waals surface area contributed by atoms with Gasteiger partial charge in [0, 0.05) is 32.6 Å². The first-order chi connectivity index (χ1) is 17.0. The van der Waals surface area contributed by atoms with Gasteiger partial charge >= 0.3 is 0 Å². The smallest absolute Gasteiger partial charge is 0.279 e. The highest BCUT2D eigenvalue weighted by molar-refractivity contribution is 5.74. The molecular formula is C27H29N7O. The number of nitriles is 1. The maximum Gasteiger partial charge on any atom is 0.279 e. The summed E-state index contributed by atoms with van der Waals surface area (Å²) in [5, 5.41) is 9.41. The zero-order valence-electron chi connectivity index (χ0n) is 19.9. The molecule has 0 amide bonds. The van der Waals surface area contributed by atoms with E-state index in [1.54, 1.807) is 11.6 Å². The van der Waals surface area contributed by atoms with Crippen LogP contribution in [0.5, 0.6) is 0 Å². The standard InChI is InChI=1S/C27H29N7O/c1-32-23(14-13-20-10-5-6-11-21(20)16-28)30-25-24(26(32)35)34(17-19-8-3-2-4-9-19)27(31-25)33-15-7-12-22(29)18-33/h2-6,8-11,22H,7,12-15,17-18,29H2,1H3. The number of fused-ring (bicyclic) bond motifs is 1. The normalized spacial score (nSPS) is 15.9. The first-order valence-electron chi connectivity index (χ1n) is 12.0. The molecule has 2 aromatic carbocycles. The van der Waals surface area contributed by atoms with Crippen molar-refractivity contribution in [2.24, 2.45) is 12.8 Å². The third-order valence-corrected chi connectivity index (χ3v) is 6.74. The van der Waals surface area contributed by atoms with Gasteiger partial charge in [-0.3, -0.25) is 13.9 Å². The molecule has 4 aromatic rings. The molecule has 8 nitrogen and oxygen atoms in total. The molecule has 1 saturated heterocycles. The van der Waals surface area contributed by atoms with Gasteiger partial charge in [0.1, 0.15) is 5.82 Å². The molecule has 1 aliphatic heterocycles. The Labute approximate surface area is 204 Å². The van der Waals surface area contributed by atoms with E-state index in [9.17, 15) is 10.1 Å². The fourth-order valence-corrected chi connectivity index (χ4v) is 4.86. The van der Waals surface area contributed by atoms with E-state index in [4.69, 9.17) is 15.7 Å². The molecule has 0 saturated carbocycles. The highest BCUT2D eigenvalue weighted by Crippen LogP contribution is 2.24. The topological polar surface area (TPSA) is 106 Å². The lowest BCUT2D eigenvalue weighted by atomic mass is 10.0. The molecule has 8 heteroatoms. The number of piperidine rings is 1. The van der Waals surface area contributed by atoms with E-state index in [-0.39, 0.29) is 11.6 Å². The number of benzene rings is 2. The summed E-state index contributed by atoms with van der Waals surface area (Å²) in [6.45, 7) is 2.09. The van der Waals surface area contributed by atoms with Gasteiger partial charge in [0.2, 0.25) is 5.95 Å². The minimum Gasteiger partial charge on any atom is -0.341 e. The molecule has 1 unspecified atom stereocenters. The maximum absolute atomic E-state index is 13.6. The van der Waals surface area contributed by atoms with Gasteiger partial charge in [-0.25, -0.2) is 4.98 Å². The van der Waals surface area contributed by atoms with Crippen molar-refractivity contribution in [3.8, 4) is 6.07 Å². The number of hydrogen-bond donors (Lipinski definition) is 1. The molecule has 5 rings (SSSR count). The lowest BCUT2D eigenvalue weighted by Crippen LogP contribution is -2.44. The number of aryl methyl sites for hydroxylation is 2. The molecule has 1 aliphatic rings. The van der Waals surface area contributed by atoms with E-state index in [0.717, 1.165) is 36.5 Å². The predicted molar refractivity (Wildman–Crippen MR) is 136 cm³/mol. The van der Waals surface area contributed by atoms with Crippen LogP contribution in [0.25, 0.3) is 11.2 Å². The van der Waals surface area contributed by atoms with Crippen molar-refractivity contribution in [3.63, 3.8) is 0 Å². The third-order valence-electron chi connectivity index (χ3n) is 6.74. The lowest BCUT2D eigenvalue weighted by molar-refractivity contribution is 0.495. The largest absolute Gasteiger partial charge is 0.341 e. The van der Waals surface area contributed by atoms with Crippen LogP contribution in [0, 0.1) is 11.3 Å². The van der Waals surface area contributed by atoms with E-state index in [1.807, 2.05) is 47.0 Å². The molecule has 2 N–H and O–H groups in total. The molecule has 0 radical (unpaired) electrons. The van der Waals surface area contributed by atoms with Gasteiger partial charge in [0.05, 0.1) is 18.2 Å². The van der Waals surface area contributed by atoms with Gasteiger partial charge in [0.25, 0.3) is 5.56 Å². The number of hydrogen-bond acceptors (Lipinski definition) is 6. The van der Waals surface area contributed by atoms with E-state index in [2.05, 4.69) is 23.1 Å². The highest BCUT2D eigenvalue weighted by Gasteiger charge is 2.25. The number of nitrogens with zero attached hydrogens (tertiary/aromatic N) is 6. The molecular weight excluding hydrogens is 438 g/mol. The van der Waals surface area contributed by atoms with Crippen LogP contribution in [0.1, 0.15) is 35.4 Å². The van der Waals surface area contributed by atoms with Gasteiger partial charge in [-0.05, 0) is 36.5 Å². The highest BCUT2D eigenvalue weighted by atomic mass is 16.1. The molecule has 0 aliphatic carbocycles. The molecule has 35 heavy (non-hydrogen) atoms. The second-order valence-corrected chi connectivity index (χ2v) is 9.17. The number of rotatable bonds is 6. The van der Waals surface area contributed by atoms with Crippen molar-refractivity contribution < 1.29 is 0 Å². The Balaban J connectivity index is 1.57. The summed E-state index contributed by atoms with van der Waals surface area (Å²) in [4.78, 5) is 25.5. The van der Waals surface area contributed by atoms with Crippen molar-refractivity contribution in [3.05, 3.63) is 87.5 Å². The average Bonchev–Trinajstić information content (AvgIpc) is 3.24. The van der Waals surface area contributed by atoms with Crippen molar-refractivity contribution in [2.45, 2.75) is 38.3 Å². The van der Waals surface area contributed by atoms with Crippen LogP contribution in [-0.2, 0) is 26.4 Å². The molecule has 0 spiro atoms. The van der Waals surface area contributed by atoms with Crippen molar-refractivity contribution >= 4 is 17.1 Å². The lowest BCUT2D eigenvalue weighted by Gasteiger charge is -2.31. The van der Waals surface area contributed by atoms with E-state index in [0.29, 0.717) is 48.5 Å². The fraction of sp³-hybridized carbons (Fsp3) is 0.333. The fourth-order valence-electron chi connectivity index (χ4n) is 4.86. The first kappa shape index (κ1) is 22.8. The quantitative estimate of drug-likeness (QED) is 0.467. The molecule has 1 atom stereocenters. The summed E-state index contributed by atoms with van der Waals surface area (Å²) in [6.07, 6.45) is 3.14. The van der Waals surface area contributed by atoms with Gasteiger partial charge < -0.3 is 10.6 Å². The Kier molecular flexibility index (Phi) is 6.34. The zero-order valence-corrected chi connectivity index (χ0v) is 19.9. The summed E-state index contributed by atoms with van der Waals surface area (Å²) < 4.78 is 3.61. The summed E-state index contributed by atoms with van der Waals surface area (Å²) >= 11 is 0.